The number of hydrogen-bond donors (Lipinski definition) is 1. The zero-order chi connectivity index (χ0) is 29.1. The monoisotopic (exact) mass is 656 g/mol. The summed E-state index contributed by atoms with van der Waals surface area (Å²) in [5.41, 5.74) is 4.61. The zero-order valence-corrected chi connectivity index (χ0v) is 27.1. The highest BCUT2D eigenvalue weighted by molar-refractivity contribution is 7.92. The van der Waals surface area contributed by atoms with E-state index in [1.165, 1.54) is 41.5 Å². The van der Waals surface area contributed by atoms with Gasteiger partial charge in [-0.05, 0) is 68.1 Å². The molecule has 12 heteroatoms. The molecule has 0 saturated carbocycles. The van der Waals surface area contributed by atoms with E-state index < -0.39 is 15.8 Å². The Labute approximate surface area is 255 Å². The van der Waals surface area contributed by atoms with Crippen molar-refractivity contribution in [2.24, 2.45) is 0 Å². The summed E-state index contributed by atoms with van der Waals surface area (Å²) in [4.78, 5) is 28.7. The lowest BCUT2D eigenvalue weighted by Crippen LogP contribution is -2.00. The van der Waals surface area contributed by atoms with Gasteiger partial charge in [0.1, 0.15) is 5.75 Å². The Balaban J connectivity index is 1.40. The number of thiophene rings is 5. The van der Waals surface area contributed by atoms with Gasteiger partial charge in [0.05, 0.1) is 55.9 Å². The summed E-state index contributed by atoms with van der Waals surface area (Å²) < 4.78 is 37.5. The Morgan fingerprint density at radius 2 is 1.34 bits per heavy atom. The molecule has 0 aliphatic carbocycles. The number of fused-ring (bicyclic) bond motifs is 6. The predicted molar refractivity (Wildman–Crippen MR) is 170 cm³/mol. The van der Waals surface area contributed by atoms with Gasteiger partial charge in [0.2, 0.25) is 9.84 Å². The topological polar surface area (TPSA) is 97.7 Å². The predicted octanol–water partition coefficient (Wildman–Crippen LogP) is 9.20. The first-order valence-electron chi connectivity index (χ1n) is 12.3. The maximum Gasteiger partial charge on any atom is 0.335 e. The number of ether oxygens (including phenoxy) is 1. The van der Waals surface area contributed by atoms with Crippen molar-refractivity contribution in [2.75, 3.05) is 7.11 Å². The number of aryl methyl sites for hydroxylation is 2. The summed E-state index contributed by atoms with van der Waals surface area (Å²) in [6.07, 6.45) is 0.741. The van der Waals surface area contributed by atoms with Crippen LogP contribution in [0.3, 0.4) is 0 Å². The van der Waals surface area contributed by atoms with Crippen LogP contribution in [0.25, 0.3) is 48.7 Å². The van der Waals surface area contributed by atoms with Gasteiger partial charge in [0, 0.05) is 20.2 Å². The summed E-state index contributed by atoms with van der Waals surface area (Å²) in [7, 11) is -2.15. The van der Waals surface area contributed by atoms with Crippen LogP contribution in [0.4, 0.5) is 0 Å². The standard InChI is InChI=1S/C29H20O6S6/c1-10-17(9-30)36-25-26-28(41(33,34)27(10)25)13(4)22(40-26)19-12(3)21-24(39-19)23-20(38-21)11(2)18(37-23)15-7-6-14(29(31)32)8-16(15)35-5/h6-9H,1-5H3,(H,31,32). The maximum absolute atomic E-state index is 13.6. The van der Waals surface area contributed by atoms with Gasteiger partial charge in [-0.25, -0.2) is 13.2 Å². The fourth-order valence-corrected chi connectivity index (χ4v) is 15.6. The minimum absolute atomic E-state index is 0.176. The minimum atomic E-state index is -3.69. The number of carbonyl (C=O) groups is 2. The number of carboxylic acid groups (broad SMARTS) is 1. The molecule has 0 bridgehead atoms. The summed E-state index contributed by atoms with van der Waals surface area (Å²) >= 11 is 7.85. The first kappa shape index (κ1) is 27.0. The maximum atomic E-state index is 13.6. The molecule has 0 saturated heterocycles. The Kier molecular flexibility index (Phi) is 5.97. The van der Waals surface area contributed by atoms with E-state index in [1.807, 2.05) is 6.92 Å². The second-order valence-corrected chi connectivity index (χ2v) is 16.8. The number of aromatic carboxylic acids is 1. The van der Waals surface area contributed by atoms with E-state index in [1.54, 1.807) is 66.2 Å². The first-order chi connectivity index (χ1) is 19.5. The quantitative estimate of drug-likeness (QED) is 0.186. The molecule has 1 aromatic carbocycles. The smallest absolute Gasteiger partial charge is 0.335 e. The third-order valence-corrected chi connectivity index (χ3v) is 17.2. The van der Waals surface area contributed by atoms with Gasteiger partial charge in [0.15, 0.2) is 6.29 Å². The number of carbonyl (C=O) groups excluding carboxylic acids is 1. The van der Waals surface area contributed by atoms with Crippen molar-refractivity contribution in [1.29, 1.82) is 0 Å². The number of carboxylic acids is 1. The molecule has 5 aromatic heterocycles. The molecule has 7 rings (SSSR count). The molecule has 0 spiro atoms. The molecular formula is C29H20O6S6. The molecule has 0 atom stereocenters. The first-order valence-corrected chi connectivity index (χ1v) is 17.9. The van der Waals surface area contributed by atoms with Crippen molar-refractivity contribution < 1.29 is 27.9 Å². The van der Waals surface area contributed by atoms with Gasteiger partial charge >= 0.3 is 5.97 Å². The average Bonchev–Trinajstić information content (AvgIpc) is 3.73. The fraction of sp³-hybridized carbons (Fsp3) is 0.172. The molecule has 1 N–H and O–H groups in total. The molecule has 0 unspecified atom stereocenters. The third kappa shape index (κ3) is 3.52. The van der Waals surface area contributed by atoms with Crippen LogP contribution in [0.5, 0.6) is 5.75 Å². The largest absolute Gasteiger partial charge is 0.496 e. The van der Waals surface area contributed by atoms with Gasteiger partial charge in [0.25, 0.3) is 0 Å². The summed E-state index contributed by atoms with van der Waals surface area (Å²) in [6, 6.07) is 4.96. The molecule has 6 heterocycles. The summed E-state index contributed by atoms with van der Waals surface area (Å²) in [5, 5.41) is 9.41. The van der Waals surface area contributed by atoms with Gasteiger partial charge in [-0.3, -0.25) is 4.79 Å². The zero-order valence-electron chi connectivity index (χ0n) is 22.2. The Bertz CT molecular complexity index is 2250. The van der Waals surface area contributed by atoms with Crippen molar-refractivity contribution in [3.63, 3.8) is 0 Å². The van der Waals surface area contributed by atoms with Crippen LogP contribution < -0.4 is 4.74 Å². The second kappa shape index (κ2) is 9.06. The Morgan fingerprint density at radius 3 is 1.98 bits per heavy atom. The minimum Gasteiger partial charge on any atom is -0.496 e. The SMILES string of the molecule is COc1cc(C(=O)O)ccc1-c1sc2c(sc3c(C)c(-c4sc5c(c4C)S(=O)(=O)c4c-5sc(C=O)c4C)sc32)c1C. The number of aldehydes is 1. The molecule has 41 heavy (non-hydrogen) atoms. The average molecular weight is 657 g/mol. The van der Waals surface area contributed by atoms with Gasteiger partial charge < -0.3 is 9.84 Å². The van der Waals surface area contributed by atoms with Crippen LogP contribution >= 0.6 is 56.7 Å². The molecule has 0 radical (unpaired) electrons. The van der Waals surface area contributed by atoms with Crippen LogP contribution in [0.1, 0.15) is 42.3 Å². The van der Waals surface area contributed by atoms with E-state index in [9.17, 15) is 23.1 Å². The summed E-state index contributed by atoms with van der Waals surface area (Å²) in [5.74, 6) is -0.480. The highest BCUT2D eigenvalue weighted by Gasteiger charge is 2.42. The van der Waals surface area contributed by atoms with Gasteiger partial charge in [-0.1, -0.05) is 0 Å². The van der Waals surface area contributed by atoms with Crippen molar-refractivity contribution in [1.82, 2.24) is 0 Å². The van der Waals surface area contributed by atoms with E-state index in [-0.39, 0.29) is 5.56 Å². The lowest BCUT2D eigenvalue weighted by molar-refractivity contribution is 0.0696. The molecule has 6 aromatic rings. The molecule has 1 aliphatic heterocycles. The lowest BCUT2D eigenvalue weighted by atomic mass is 10.1. The van der Waals surface area contributed by atoms with Gasteiger partial charge in [-0.2, -0.15) is 0 Å². The van der Waals surface area contributed by atoms with Crippen molar-refractivity contribution >= 4 is 97.6 Å². The lowest BCUT2D eigenvalue weighted by Gasteiger charge is -2.09. The van der Waals surface area contributed by atoms with E-state index in [0.29, 0.717) is 30.9 Å². The van der Waals surface area contributed by atoms with E-state index in [0.717, 1.165) is 48.0 Å². The van der Waals surface area contributed by atoms with Crippen LogP contribution in [-0.2, 0) is 9.84 Å². The van der Waals surface area contributed by atoms with Crippen LogP contribution in [-0.4, -0.2) is 32.9 Å². The van der Waals surface area contributed by atoms with Gasteiger partial charge in [-0.15, -0.1) is 56.7 Å². The van der Waals surface area contributed by atoms with Crippen molar-refractivity contribution in [3.05, 3.63) is 50.9 Å². The van der Waals surface area contributed by atoms with Crippen LogP contribution in [0, 0.1) is 27.7 Å². The number of hydrogen-bond acceptors (Lipinski definition) is 10. The molecule has 0 fully saturated rings. The third-order valence-electron chi connectivity index (χ3n) is 7.56. The summed E-state index contributed by atoms with van der Waals surface area (Å²) in [6.45, 7) is 7.78. The van der Waals surface area contributed by atoms with Crippen LogP contribution in [0.2, 0.25) is 0 Å². The number of sulfone groups is 1. The number of methoxy groups -OCH3 is 1. The van der Waals surface area contributed by atoms with E-state index >= 15 is 0 Å². The molecular weight excluding hydrogens is 637 g/mol. The number of benzene rings is 1. The molecule has 6 nitrogen and oxygen atoms in total. The highest BCUT2D eigenvalue weighted by atomic mass is 32.2. The van der Waals surface area contributed by atoms with Crippen molar-refractivity contribution in [3.8, 4) is 35.7 Å². The van der Waals surface area contributed by atoms with E-state index in [2.05, 4.69) is 13.8 Å². The van der Waals surface area contributed by atoms with Crippen molar-refractivity contribution in [2.45, 2.75) is 37.5 Å². The molecule has 208 valence electrons. The fourth-order valence-electron chi connectivity index (χ4n) is 5.52. The highest BCUT2D eigenvalue weighted by Crippen LogP contribution is 2.59. The Morgan fingerprint density at radius 1 is 0.756 bits per heavy atom. The van der Waals surface area contributed by atoms with E-state index in [4.69, 9.17) is 4.74 Å². The molecule has 1 aliphatic rings. The number of rotatable bonds is 5. The normalized spacial score (nSPS) is 13.7. The second-order valence-electron chi connectivity index (χ2n) is 9.84. The van der Waals surface area contributed by atoms with Crippen LogP contribution in [0.15, 0.2) is 28.0 Å². The Hall–Kier alpha value is -2.87. The molecule has 0 amide bonds.